The Morgan fingerprint density at radius 1 is 1.57 bits per heavy atom. The van der Waals surface area contributed by atoms with Crippen LogP contribution in [0.2, 0.25) is 0 Å². The van der Waals surface area contributed by atoms with Crippen molar-refractivity contribution in [3.8, 4) is 0 Å². The molecule has 21 heavy (non-hydrogen) atoms. The second-order valence-electron chi connectivity index (χ2n) is 5.18. The summed E-state index contributed by atoms with van der Waals surface area (Å²) in [6.45, 7) is 1.53. The first kappa shape index (κ1) is 14.5. The Morgan fingerprint density at radius 2 is 2.29 bits per heavy atom. The molecular weight excluding hydrogens is 350 g/mol. The quantitative estimate of drug-likeness (QED) is 0.296. The maximum Gasteiger partial charge on any atom is 0.328 e. The molecule has 0 radical (unpaired) electrons. The number of nitrogens with one attached hydrogen (secondary N) is 1. The zero-order valence-electron chi connectivity index (χ0n) is 10.8. The van der Waals surface area contributed by atoms with Gasteiger partial charge in [-0.25, -0.2) is 4.79 Å². The van der Waals surface area contributed by atoms with Crippen LogP contribution in [-0.2, 0) is 14.3 Å². The van der Waals surface area contributed by atoms with Crippen LogP contribution in [0, 0.1) is 0 Å². The maximum atomic E-state index is 12.1. The van der Waals surface area contributed by atoms with Gasteiger partial charge < -0.3 is 14.6 Å². The van der Waals surface area contributed by atoms with Crippen molar-refractivity contribution in [1.82, 2.24) is 10.2 Å². The van der Waals surface area contributed by atoms with E-state index in [0.29, 0.717) is 0 Å². The molecule has 0 spiro atoms. The van der Waals surface area contributed by atoms with Gasteiger partial charge in [0.2, 0.25) is 5.91 Å². The number of fused-ring (bicyclic) bond motifs is 4. The van der Waals surface area contributed by atoms with Crippen molar-refractivity contribution in [2.45, 2.75) is 48.6 Å². The molecule has 0 aromatic heterocycles. The number of halogens is 1. The van der Waals surface area contributed by atoms with E-state index in [0.717, 1.165) is 0 Å². The van der Waals surface area contributed by atoms with Crippen molar-refractivity contribution in [2.24, 2.45) is 5.11 Å². The number of imide groups is 1. The van der Waals surface area contributed by atoms with Crippen LogP contribution < -0.4 is 5.32 Å². The zero-order valence-corrected chi connectivity index (χ0v) is 12.4. The molecule has 114 valence electrons. The second kappa shape index (κ2) is 4.82. The highest BCUT2D eigenvalue weighted by Gasteiger charge is 2.59. The van der Waals surface area contributed by atoms with Crippen LogP contribution in [0.15, 0.2) is 5.11 Å². The molecule has 0 aromatic carbocycles. The number of carbonyl (C=O) groups is 2. The van der Waals surface area contributed by atoms with E-state index in [9.17, 15) is 14.7 Å². The van der Waals surface area contributed by atoms with Gasteiger partial charge in [0.05, 0.1) is 6.04 Å². The molecular formula is C10H12BrN5O5. The summed E-state index contributed by atoms with van der Waals surface area (Å²) in [6.07, 6.45) is -3.87. The van der Waals surface area contributed by atoms with E-state index in [1.807, 2.05) is 0 Å². The van der Waals surface area contributed by atoms with Crippen LogP contribution in [-0.4, -0.2) is 57.2 Å². The molecule has 0 aromatic rings. The summed E-state index contributed by atoms with van der Waals surface area (Å²) in [5.74, 6) is -0.565. The smallest absolute Gasteiger partial charge is 0.328 e. The van der Waals surface area contributed by atoms with Crippen molar-refractivity contribution in [1.29, 1.82) is 0 Å². The number of aliphatic hydroxyl groups is 1. The molecule has 3 aliphatic rings. The van der Waals surface area contributed by atoms with Crippen LogP contribution in [0.4, 0.5) is 4.79 Å². The van der Waals surface area contributed by atoms with Gasteiger partial charge in [-0.1, -0.05) is 21.0 Å². The molecule has 3 rings (SSSR count). The van der Waals surface area contributed by atoms with Crippen molar-refractivity contribution in [2.75, 3.05) is 0 Å². The molecule has 0 saturated carbocycles. The summed E-state index contributed by atoms with van der Waals surface area (Å²) in [5.41, 5.74) is 8.54. The number of azide groups is 1. The molecule has 10 nitrogen and oxygen atoms in total. The number of urea groups is 1. The molecule has 0 unspecified atom stereocenters. The topological polar surface area (TPSA) is 137 Å². The second-order valence-corrected chi connectivity index (χ2v) is 6.83. The van der Waals surface area contributed by atoms with Gasteiger partial charge in [-0.15, -0.1) is 0 Å². The van der Waals surface area contributed by atoms with Gasteiger partial charge in [0.1, 0.15) is 16.7 Å². The third kappa shape index (κ3) is 2.09. The minimum Gasteiger partial charge on any atom is -0.366 e. The summed E-state index contributed by atoms with van der Waals surface area (Å²) in [4.78, 5) is 27.9. The lowest BCUT2D eigenvalue weighted by Gasteiger charge is -2.44. The number of nitrogens with zero attached hydrogens (tertiary/aromatic N) is 4. The van der Waals surface area contributed by atoms with Crippen LogP contribution in [0.25, 0.3) is 10.4 Å². The fourth-order valence-electron chi connectivity index (χ4n) is 2.73. The molecule has 2 N–H and O–H groups in total. The summed E-state index contributed by atoms with van der Waals surface area (Å²) in [7, 11) is 0. The van der Waals surface area contributed by atoms with Gasteiger partial charge in [-0.3, -0.25) is 15.0 Å². The molecule has 3 aliphatic heterocycles. The van der Waals surface area contributed by atoms with Crippen LogP contribution in [0.5, 0.6) is 0 Å². The average Bonchev–Trinajstić information content (AvgIpc) is 2.73. The fraction of sp³-hybridized carbons (Fsp3) is 0.800. The Morgan fingerprint density at radius 3 is 2.95 bits per heavy atom. The highest BCUT2D eigenvalue weighted by molar-refractivity contribution is 9.10. The highest BCUT2D eigenvalue weighted by Crippen LogP contribution is 2.40. The number of rotatable bonds is 1. The first-order valence-electron chi connectivity index (χ1n) is 6.22. The van der Waals surface area contributed by atoms with E-state index in [1.54, 1.807) is 0 Å². The molecule has 3 fully saturated rings. The van der Waals surface area contributed by atoms with Crippen molar-refractivity contribution < 1.29 is 24.2 Å². The predicted molar refractivity (Wildman–Crippen MR) is 69.8 cm³/mol. The molecule has 3 amide bonds. The van der Waals surface area contributed by atoms with E-state index in [4.69, 9.17) is 15.0 Å². The Hall–Kier alpha value is -1.39. The first-order chi connectivity index (χ1) is 9.86. The predicted octanol–water partition coefficient (Wildman–Crippen LogP) is 0.160. The molecule has 3 heterocycles. The van der Waals surface area contributed by atoms with E-state index in [2.05, 4.69) is 31.3 Å². The van der Waals surface area contributed by atoms with Crippen LogP contribution in [0.1, 0.15) is 13.3 Å². The summed E-state index contributed by atoms with van der Waals surface area (Å²) in [5, 5.41) is 15.8. The van der Waals surface area contributed by atoms with Gasteiger partial charge in [0, 0.05) is 11.3 Å². The van der Waals surface area contributed by atoms with Gasteiger partial charge in [0.15, 0.2) is 12.5 Å². The van der Waals surface area contributed by atoms with E-state index in [1.165, 1.54) is 11.8 Å². The van der Waals surface area contributed by atoms with Crippen LogP contribution >= 0.6 is 15.9 Å². The zero-order chi connectivity index (χ0) is 15.4. The van der Waals surface area contributed by atoms with E-state index >= 15 is 0 Å². The summed E-state index contributed by atoms with van der Waals surface area (Å²) in [6, 6.07) is -1.33. The normalized spacial score (nSPS) is 45.5. The number of ether oxygens (including phenoxy) is 2. The number of aliphatic hydroxyl groups excluding tert-OH is 1. The summed E-state index contributed by atoms with van der Waals surface area (Å²) < 4.78 is 9.76. The number of hydrogen-bond donors (Lipinski definition) is 2. The minimum atomic E-state index is -1.42. The van der Waals surface area contributed by atoms with Crippen molar-refractivity contribution in [3.63, 3.8) is 0 Å². The lowest BCUT2D eigenvalue weighted by atomic mass is 10.0. The lowest BCUT2D eigenvalue weighted by molar-refractivity contribution is -0.197. The SMILES string of the molecule is C[C@@]1(Br)C(=O)NC(=O)N2[C@H]1O[C@H](O)[C@H]1O[C@@H]2C[C@@H]1N=[N+]=[N-]. The molecule has 11 heteroatoms. The first-order valence-corrected chi connectivity index (χ1v) is 7.01. The van der Waals surface area contributed by atoms with E-state index in [-0.39, 0.29) is 6.42 Å². The molecule has 2 bridgehead atoms. The van der Waals surface area contributed by atoms with Gasteiger partial charge in [-0.2, -0.15) is 0 Å². The van der Waals surface area contributed by atoms with Crippen LogP contribution in [0.3, 0.4) is 0 Å². The van der Waals surface area contributed by atoms with Crippen molar-refractivity contribution >= 4 is 27.9 Å². The van der Waals surface area contributed by atoms with Gasteiger partial charge in [0.25, 0.3) is 0 Å². The average molecular weight is 362 g/mol. The Kier molecular flexibility index (Phi) is 3.34. The Balaban J connectivity index is 1.99. The largest absolute Gasteiger partial charge is 0.366 e. The lowest BCUT2D eigenvalue weighted by Crippen LogP contribution is -2.69. The monoisotopic (exact) mass is 361 g/mol. The highest BCUT2D eigenvalue weighted by atomic mass is 79.9. The molecule has 6 atom stereocenters. The molecule has 3 saturated heterocycles. The molecule has 0 aliphatic carbocycles. The van der Waals surface area contributed by atoms with E-state index < -0.39 is 47.2 Å². The number of carbonyl (C=O) groups excluding carboxylic acids is 2. The number of alkyl halides is 1. The number of amides is 3. The maximum absolute atomic E-state index is 12.1. The van der Waals surface area contributed by atoms with Gasteiger partial charge >= 0.3 is 6.03 Å². The third-order valence-electron chi connectivity index (χ3n) is 3.81. The standard InChI is InChI=1S/C10H12BrN5O5/c1-10(11)7(18)13-9(19)16-4-2-3(14-15-12)5(20-4)6(17)21-8(10)16/h3-6,8,17H,2H2,1H3,(H,13,18,19)/t3-,4+,5-,6-,8-,10+/m0/s1. The Bertz CT molecular complexity index is 550. The number of hydrogen-bond acceptors (Lipinski definition) is 6. The third-order valence-corrected chi connectivity index (χ3v) is 4.56. The minimum absolute atomic E-state index is 0.219. The fourth-order valence-corrected chi connectivity index (χ4v) is 3.16. The summed E-state index contributed by atoms with van der Waals surface area (Å²) >= 11 is 3.23. The van der Waals surface area contributed by atoms with Crippen molar-refractivity contribution in [3.05, 3.63) is 10.4 Å². The van der Waals surface area contributed by atoms with Gasteiger partial charge in [-0.05, 0) is 12.5 Å². The Labute approximate surface area is 127 Å².